The van der Waals surface area contributed by atoms with E-state index in [0.29, 0.717) is 48.4 Å². The van der Waals surface area contributed by atoms with Crippen molar-refractivity contribution in [1.82, 2.24) is 10.3 Å². The Morgan fingerprint density at radius 2 is 1.66 bits per heavy atom. The number of amides is 1. The van der Waals surface area contributed by atoms with Gasteiger partial charge in [0, 0.05) is 29.9 Å². The van der Waals surface area contributed by atoms with E-state index in [2.05, 4.69) is 10.3 Å². The Kier molecular flexibility index (Phi) is 11.6. The topological polar surface area (TPSA) is 109 Å². The molecule has 1 aliphatic heterocycles. The summed E-state index contributed by atoms with van der Waals surface area (Å²) < 4.78 is 5.82. The highest BCUT2D eigenvalue weighted by molar-refractivity contribution is 6.08. The molecule has 1 atom stereocenters. The highest BCUT2D eigenvalue weighted by Crippen LogP contribution is 2.34. The second-order valence-corrected chi connectivity index (χ2v) is 10.7. The van der Waals surface area contributed by atoms with Gasteiger partial charge in [-0.3, -0.25) is 9.69 Å². The van der Waals surface area contributed by atoms with Crippen LogP contribution in [0.4, 0.5) is 10.6 Å². The molecule has 0 bridgehead atoms. The second-order valence-electron chi connectivity index (χ2n) is 10.7. The van der Waals surface area contributed by atoms with Crippen LogP contribution in [0.5, 0.6) is 0 Å². The van der Waals surface area contributed by atoms with Crippen LogP contribution in [0.3, 0.4) is 0 Å². The minimum atomic E-state index is -1.05. The van der Waals surface area contributed by atoms with Gasteiger partial charge in [-0.05, 0) is 69.5 Å². The average molecular weight is 601 g/mol. The Balaban J connectivity index is 0.00000294. The molecule has 2 N–H and O–H groups in total. The number of rotatable bonds is 8. The molecule has 10 heteroatoms. The molecule has 1 saturated heterocycles. The molecule has 3 aromatic rings. The fraction of sp³-hybridized carbons (Fsp3) is 0.290. The first kappa shape index (κ1) is 33.5. The van der Waals surface area contributed by atoms with Gasteiger partial charge in [0.25, 0.3) is 0 Å². The number of aliphatic carboxylic acids is 1. The zero-order valence-electron chi connectivity index (χ0n) is 23.2. The number of carboxylic acid groups (broad SMARTS) is 1. The van der Waals surface area contributed by atoms with Gasteiger partial charge in [0.15, 0.2) is 5.78 Å². The van der Waals surface area contributed by atoms with Crippen molar-refractivity contribution in [3.63, 3.8) is 0 Å². The molecule has 4 rings (SSSR count). The third kappa shape index (κ3) is 8.63. The summed E-state index contributed by atoms with van der Waals surface area (Å²) in [6.07, 6.45) is 4.69. The van der Waals surface area contributed by atoms with Gasteiger partial charge < -0.3 is 15.2 Å². The number of aromatic nitrogens is 1. The fourth-order valence-electron chi connectivity index (χ4n) is 4.70. The Labute approximate surface area is 252 Å². The number of ketones is 1. The van der Waals surface area contributed by atoms with Gasteiger partial charge in [0.1, 0.15) is 11.4 Å². The van der Waals surface area contributed by atoms with Crippen molar-refractivity contribution in [2.45, 2.75) is 44.8 Å². The van der Waals surface area contributed by atoms with Gasteiger partial charge in [0.2, 0.25) is 0 Å². The number of carbonyl (C=O) groups excluding carboxylic acids is 2. The van der Waals surface area contributed by atoms with Crippen LogP contribution < -0.4 is 10.2 Å². The van der Waals surface area contributed by atoms with Gasteiger partial charge in [-0.15, -0.1) is 24.8 Å². The first-order chi connectivity index (χ1) is 18.6. The van der Waals surface area contributed by atoms with E-state index in [4.69, 9.17) is 9.84 Å². The lowest BCUT2D eigenvalue weighted by Gasteiger charge is -2.40. The molecule has 8 nitrogen and oxygen atoms in total. The Hall–Kier alpha value is -3.72. The largest absolute Gasteiger partial charge is 0.478 e. The van der Waals surface area contributed by atoms with Gasteiger partial charge in [-0.2, -0.15) is 0 Å². The van der Waals surface area contributed by atoms with Crippen LogP contribution in [0.15, 0.2) is 79.0 Å². The van der Waals surface area contributed by atoms with Gasteiger partial charge in [-0.25, -0.2) is 14.6 Å². The van der Waals surface area contributed by atoms with E-state index in [1.807, 2.05) is 63.2 Å². The molecule has 2 heterocycles. The maximum Gasteiger partial charge on any atom is 0.416 e. The van der Waals surface area contributed by atoms with Gasteiger partial charge in [-0.1, -0.05) is 54.6 Å². The highest BCUT2D eigenvalue weighted by atomic mass is 35.5. The number of hydrogen-bond donors (Lipinski definition) is 2. The quantitative estimate of drug-likeness (QED) is 0.242. The van der Waals surface area contributed by atoms with E-state index in [0.717, 1.165) is 11.6 Å². The van der Waals surface area contributed by atoms with Crippen molar-refractivity contribution >= 4 is 54.6 Å². The molecule has 0 spiro atoms. The zero-order chi connectivity index (χ0) is 28.0. The van der Waals surface area contributed by atoms with E-state index in [-0.39, 0.29) is 30.6 Å². The molecule has 1 amide bonds. The van der Waals surface area contributed by atoms with Crippen molar-refractivity contribution in [3.05, 3.63) is 101 Å². The molecule has 218 valence electrons. The molecule has 0 radical (unpaired) electrons. The Morgan fingerprint density at radius 1 is 1.00 bits per heavy atom. The number of benzene rings is 2. The molecule has 0 aliphatic carbocycles. The summed E-state index contributed by atoms with van der Waals surface area (Å²) >= 11 is 0. The third-order valence-corrected chi connectivity index (χ3v) is 6.48. The maximum absolute atomic E-state index is 13.6. The van der Waals surface area contributed by atoms with Crippen molar-refractivity contribution in [1.29, 1.82) is 0 Å². The minimum absolute atomic E-state index is 0. The van der Waals surface area contributed by atoms with E-state index >= 15 is 0 Å². The van der Waals surface area contributed by atoms with Crippen molar-refractivity contribution in [2.24, 2.45) is 0 Å². The SMILES string of the molecule is CC(C)(C)OC(=O)N(c1ccc(/C=C/C(=O)O)cn1)[C@]1(Cc2ccc(C(=O)c3ccccc3)cc2)CCNC1.Cl.Cl. The number of carbonyl (C=O) groups is 3. The molecular weight excluding hydrogens is 565 g/mol. The van der Waals surface area contributed by atoms with E-state index in [1.54, 1.807) is 29.2 Å². The number of ether oxygens (including phenoxy) is 1. The van der Waals surface area contributed by atoms with E-state index in [1.165, 1.54) is 12.3 Å². The summed E-state index contributed by atoms with van der Waals surface area (Å²) in [7, 11) is 0. The molecule has 1 aliphatic rings. The maximum atomic E-state index is 13.6. The van der Waals surface area contributed by atoms with Gasteiger partial charge in [0.05, 0.1) is 5.54 Å². The summed E-state index contributed by atoms with van der Waals surface area (Å²) in [5, 5.41) is 12.3. The predicted octanol–water partition coefficient (Wildman–Crippen LogP) is 5.97. The number of halogens is 2. The van der Waals surface area contributed by atoms with Crippen LogP contribution >= 0.6 is 24.8 Å². The molecule has 1 fully saturated rings. The number of hydrogen-bond acceptors (Lipinski definition) is 6. The van der Waals surface area contributed by atoms with Crippen LogP contribution in [0.25, 0.3) is 6.08 Å². The number of pyridine rings is 1. The smallest absolute Gasteiger partial charge is 0.416 e. The molecular formula is C31H35Cl2N3O5. The van der Waals surface area contributed by atoms with Crippen molar-refractivity contribution in [2.75, 3.05) is 18.0 Å². The summed E-state index contributed by atoms with van der Waals surface area (Å²) in [4.78, 5) is 43.5. The molecule has 41 heavy (non-hydrogen) atoms. The fourth-order valence-corrected chi connectivity index (χ4v) is 4.70. The molecule has 0 unspecified atom stereocenters. The zero-order valence-corrected chi connectivity index (χ0v) is 24.8. The normalized spacial score (nSPS) is 16.4. The lowest BCUT2D eigenvalue weighted by atomic mass is 9.87. The number of nitrogens with zero attached hydrogens (tertiary/aromatic N) is 2. The highest BCUT2D eigenvalue weighted by Gasteiger charge is 2.45. The summed E-state index contributed by atoms with van der Waals surface area (Å²) in [6, 6.07) is 20.1. The standard InChI is InChI=1S/C31H33N3O5.2ClH/c1-30(2,3)39-29(38)34(26-15-11-23(20-33-26)12-16-27(35)36)31(17-18-32-21-31)19-22-9-13-25(14-10-22)28(37)24-7-5-4-6-8-24;;/h4-16,20,32H,17-19,21H2,1-3H3,(H,35,36);2*1H/b16-12+;;/t31-;;/m0../s1. The van der Waals surface area contributed by atoms with E-state index < -0.39 is 23.2 Å². The lowest BCUT2D eigenvalue weighted by molar-refractivity contribution is -0.131. The third-order valence-electron chi connectivity index (χ3n) is 6.48. The lowest BCUT2D eigenvalue weighted by Crippen LogP contribution is -2.56. The Bertz CT molecular complexity index is 1350. The predicted molar refractivity (Wildman–Crippen MR) is 164 cm³/mol. The number of carboxylic acids is 1. The molecule has 1 aromatic heterocycles. The molecule has 2 aromatic carbocycles. The summed E-state index contributed by atoms with van der Waals surface area (Å²) in [5.41, 5.74) is 1.41. The van der Waals surface area contributed by atoms with Crippen LogP contribution in [-0.4, -0.2) is 52.2 Å². The van der Waals surface area contributed by atoms with Crippen LogP contribution in [0.2, 0.25) is 0 Å². The van der Waals surface area contributed by atoms with Gasteiger partial charge >= 0.3 is 12.1 Å². The molecule has 0 saturated carbocycles. The number of anilines is 1. The monoisotopic (exact) mass is 599 g/mol. The first-order valence-electron chi connectivity index (χ1n) is 12.9. The average Bonchev–Trinajstić information content (AvgIpc) is 3.36. The van der Waals surface area contributed by atoms with Crippen LogP contribution in [0, 0.1) is 0 Å². The van der Waals surface area contributed by atoms with Crippen molar-refractivity contribution in [3.8, 4) is 0 Å². The first-order valence-corrected chi connectivity index (χ1v) is 12.9. The summed E-state index contributed by atoms with van der Waals surface area (Å²) in [5.74, 6) is -0.686. The number of nitrogens with one attached hydrogen (secondary N) is 1. The minimum Gasteiger partial charge on any atom is -0.478 e. The van der Waals surface area contributed by atoms with Crippen LogP contribution in [-0.2, 0) is 16.0 Å². The Morgan fingerprint density at radius 3 is 2.20 bits per heavy atom. The van der Waals surface area contributed by atoms with Crippen LogP contribution in [0.1, 0.15) is 54.2 Å². The summed E-state index contributed by atoms with van der Waals surface area (Å²) in [6.45, 7) is 6.69. The van der Waals surface area contributed by atoms with E-state index in [9.17, 15) is 14.4 Å². The van der Waals surface area contributed by atoms with Crippen molar-refractivity contribution < 1.29 is 24.2 Å². The second kappa shape index (κ2) is 14.3.